The number of nitrogens with zero attached hydrogens (tertiary/aromatic N) is 2. The molecule has 3 N–H and O–H groups in total. The summed E-state index contributed by atoms with van der Waals surface area (Å²) in [7, 11) is 1.51. The summed E-state index contributed by atoms with van der Waals surface area (Å²) in [6.45, 7) is 2.42. The van der Waals surface area contributed by atoms with Crippen molar-refractivity contribution in [3.8, 4) is 22.8 Å². The first kappa shape index (κ1) is 26.0. The van der Waals surface area contributed by atoms with Crippen LogP contribution in [0.2, 0.25) is 0 Å². The Balaban J connectivity index is 1.39. The zero-order valence-electron chi connectivity index (χ0n) is 22.1. The van der Waals surface area contributed by atoms with E-state index in [4.69, 9.17) is 4.74 Å². The molecule has 4 aromatic rings. The zero-order valence-corrected chi connectivity index (χ0v) is 22.1. The van der Waals surface area contributed by atoms with Crippen molar-refractivity contribution in [2.75, 3.05) is 12.4 Å². The van der Waals surface area contributed by atoms with E-state index in [-0.39, 0.29) is 23.6 Å². The molecule has 0 spiro atoms. The van der Waals surface area contributed by atoms with Gasteiger partial charge in [0, 0.05) is 29.8 Å². The molecular formula is C31H32N4O4. The number of phenolic OH excluding ortho intramolecular Hbond substituents is 1. The van der Waals surface area contributed by atoms with Gasteiger partial charge >= 0.3 is 6.03 Å². The van der Waals surface area contributed by atoms with E-state index in [2.05, 4.69) is 15.7 Å². The fourth-order valence-corrected chi connectivity index (χ4v) is 5.11. The van der Waals surface area contributed by atoms with Crippen molar-refractivity contribution in [1.29, 1.82) is 0 Å². The van der Waals surface area contributed by atoms with Gasteiger partial charge in [-0.1, -0.05) is 49.2 Å². The summed E-state index contributed by atoms with van der Waals surface area (Å²) in [6.07, 6.45) is 4.22. The van der Waals surface area contributed by atoms with Gasteiger partial charge in [0.05, 0.1) is 24.1 Å². The largest absolute Gasteiger partial charge is 0.507 e. The number of carbonyl (C=O) groups excluding carboxylic acids is 2. The molecule has 0 bridgehead atoms. The fourth-order valence-electron chi connectivity index (χ4n) is 5.11. The predicted octanol–water partition coefficient (Wildman–Crippen LogP) is 6.24. The van der Waals surface area contributed by atoms with Crippen LogP contribution in [0.3, 0.4) is 0 Å². The number of amides is 2. The normalized spacial score (nSPS) is 13.3. The first-order valence-corrected chi connectivity index (χ1v) is 13.1. The molecule has 0 saturated heterocycles. The average Bonchev–Trinajstić information content (AvgIpc) is 3.63. The molecule has 1 heterocycles. The third kappa shape index (κ3) is 5.65. The van der Waals surface area contributed by atoms with Crippen LogP contribution >= 0.6 is 0 Å². The van der Waals surface area contributed by atoms with Gasteiger partial charge < -0.3 is 20.5 Å². The number of phenols is 1. The van der Waals surface area contributed by atoms with Crippen LogP contribution in [0.5, 0.6) is 11.5 Å². The van der Waals surface area contributed by atoms with Crippen molar-refractivity contribution in [1.82, 2.24) is 15.1 Å². The molecule has 0 unspecified atom stereocenters. The summed E-state index contributed by atoms with van der Waals surface area (Å²) >= 11 is 0. The van der Waals surface area contributed by atoms with Gasteiger partial charge in [0.25, 0.3) is 5.91 Å². The van der Waals surface area contributed by atoms with E-state index >= 15 is 0 Å². The highest BCUT2D eigenvalue weighted by molar-refractivity contribution is 6.06. The molecule has 3 aromatic carbocycles. The van der Waals surface area contributed by atoms with Gasteiger partial charge in [0.2, 0.25) is 0 Å². The quantitative estimate of drug-likeness (QED) is 0.265. The number of carbonyl (C=O) groups is 2. The second kappa shape index (κ2) is 11.4. The minimum absolute atomic E-state index is 0.0456. The molecule has 2 amide bonds. The first-order valence-electron chi connectivity index (χ1n) is 13.1. The monoisotopic (exact) mass is 524 g/mol. The molecule has 0 radical (unpaired) electrons. The lowest BCUT2D eigenvalue weighted by Crippen LogP contribution is -2.31. The predicted molar refractivity (Wildman–Crippen MR) is 150 cm³/mol. The first-order chi connectivity index (χ1) is 18.9. The number of ether oxygens (including phenoxy) is 1. The molecule has 5 rings (SSSR count). The minimum atomic E-state index is -0.349. The van der Waals surface area contributed by atoms with Gasteiger partial charge in [-0.05, 0) is 61.2 Å². The van der Waals surface area contributed by atoms with E-state index in [1.807, 2.05) is 37.3 Å². The fraction of sp³-hybridized carbons (Fsp3) is 0.258. The van der Waals surface area contributed by atoms with Gasteiger partial charge in [-0.15, -0.1) is 0 Å². The van der Waals surface area contributed by atoms with Crippen LogP contribution in [0.4, 0.5) is 10.5 Å². The third-order valence-corrected chi connectivity index (χ3v) is 7.28. The number of benzene rings is 3. The average molecular weight is 525 g/mol. The highest BCUT2D eigenvalue weighted by Gasteiger charge is 2.26. The Kier molecular flexibility index (Phi) is 7.63. The number of aromatic hydroxyl groups is 1. The molecular weight excluding hydrogens is 492 g/mol. The van der Waals surface area contributed by atoms with Crippen LogP contribution in [-0.2, 0) is 6.54 Å². The summed E-state index contributed by atoms with van der Waals surface area (Å²) in [4.78, 5) is 26.1. The van der Waals surface area contributed by atoms with Crippen molar-refractivity contribution in [3.05, 3.63) is 95.2 Å². The van der Waals surface area contributed by atoms with Crippen LogP contribution in [0.1, 0.15) is 58.8 Å². The highest BCUT2D eigenvalue weighted by Crippen LogP contribution is 2.38. The maximum atomic E-state index is 13.3. The van der Waals surface area contributed by atoms with Crippen LogP contribution in [-0.4, -0.2) is 33.9 Å². The molecule has 8 nitrogen and oxygen atoms in total. The van der Waals surface area contributed by atoms with E-state index < -0.39 is 0 Å². The molecule has 0 atom stereocenters. The van der Waals surface area contributed by atoms with E-state index in [1.54, 1.807) is 36.4 Å². The molecule has 1 aliphatic carbocycles. The van der Waals surface area contributed by atoms with E-state index in [0.29, 0.717) is 34.8 Å². The molecule has 0 aliphatic heterocycles. The lowest BCUT2D eigenvalue weighted by atomic mass is 10.0. The van der Waals surface area contributed by atoms with Gasteiger partial charge in [0.1, 0.15) is 11.5 Å². The summed E-state index contributed by atoms with van der Waals surface area (Å²) in [6, 6.07) is 21.3. The Bertz CT molecular complexity index is 1500. The number of hydrogen-bond acceptors (Lipinski definition) is 5. The number of rotatable bonds is 7. The lowest BCUT2D eigenvalue weighted by Gasteiger charge is -2.13. The van der Waals surface area contributed by atoms with Crippen molar-refractivity contribution in [2.24, 2.45) is 0 Å². The van der Waals surface area contributed by atoms with Crippen LogP contribution in [0, 0.1) is 6.92 Å². The Morgan fingerprint density at radius 2 is 1.77 bits per heavy atom. The number of anilines is 1. The second-order valence-corrected chi connectivity index (χ2v) is 9.82. The Hall–Kier alpha value is -4.59. The molecule has 200 valence electrons. The summed E-state index contributed by atoms with van der Waals surface area (Å²) in [5.41, 5.74) is 4.80. The van der Waals surface area contributed by atoms with Crippen molar-refractivity contribution >= 4 is 17.6 Å². The smallest absolute Gasteiger partial charge is 0.342 e. The Labute approximate surface area is 227 Å². The van der Waals surface area contributed by atoms with Gasteiger partial charge in [-0.25, -0.2) is 4.79 Å². The molecule has 1 aromatic heterocycles. The van der Waals surface area contributed by atoms with E-state index in [0.717, 1.165) is 42.5 Å². The van der Waals surface area contributed by atoms with Crippen molar-refractivity contribution in [2.45, 2.75) is 45.1 Å². The van der Waals surface area contributed by atoms with Gasteiger partial charge in [-0.3, -0.25) is 4.79 Å². The molecule has 39 heavy (non-hydrogen) atoms. The zero-order chi connectivity index (χ0) is 27.4. The van der Waals surface area contributed by atoms with Crippen LogP contribution in [0.15, 0.2) is 72.8 Å². The van der Waals surface area contributed by atoms with E-state index in [9.17, 15) is 14.7 Å². The minimum Gasteiger partial charge on any atom is -0.507 e. The second-order valence-electron chi connectivity index (χ2n) is 9.82. The van der Waals surface area contributed by atoms with Gasteiger partial charge in [-0.2, -0.15) is 9.78 Å². The van der Waals surface area contributed by atoms with Crippen LogP contribution in [0.25, 0.3) is 11.3 Å². The number of aromatic nitrogens is 2. The van der Waals surface area contributed by atoms with Crippen molar-refractivity contribution in [3.63, 3.8) is 0 Å². The van der Waals surface area contributed by atoms with Crippen LogP contribution < -0.4 is 15.4 Å². The SMILES string of the molecule is COc1ccccc1C(=O)Nc1ccc(-c2cc(C3CCCC3)n(C(=O)NCc3ccccc3C)n2)c(O)c1. The number of hydrogen-bond donors (Lipinski definition) is 3. The summed E-state index contributed by atoms with van der Waals surface area (Å²) < 4.78 is 6.72. The molecule has 1 fully saturated rings. The number of nitrogens with one attached hydrogen (secondary N) is 2. The number of para-hydroxylation sites is 1. The van der Waals surface area contributed by atoms with Crippen molar-refractivity contribution < 1.29 is 19.4 Å². The highest BCUT2D eigenvalue weighted by atomic mass is 16.5. The summed E-state index contributed by atoms with van der Waals surface area (Å²) in [5, 5.41) is 21.3. The maximum absolute atomic E-state index is 13.3. The number of aryl methyl sites for hydroxylation is 1. The lowest BCUT2D eigenvalue weighted by molar-refractivity contribution is 0.102. The maximum Gasteiger partial charge on any atom is 0.342 e. The van der Waals surface area contributed by atoms with E-state index in [1.165, 1.54) is 17.9 Å². The molecule has 1 saturated carbocycles. The standard InChI is InChI=1S/C31H32N4O4/c1-20-9-3-4-12-22(20)19-32-31(38)35-27(21-10-5-6-11-21)18-26(34-35)24-16-15-23(17-28(24)36)33-30(37)25-13-7-8-14-29(25)39-2/h3-4,7-9,12-18,21,36H,5-6,10-11,19H2,1-2H3,(H,32,38)(H,33,37). The Morgan fingerprint density at radius 1 is 1.03 bits per heavy atom. The number of methoxy groups -OCH3 is 1. The third-order valence-electron chi connectivity index (χ3n) is 7.28. The van der Waals surface area contributed by atoms with Gasteiger partial charge in [0.15, 0.2) is 0 Å². The summed E-state index contributed by atoms with van der Waals surface area (Å²) in [5.74, 6) is 0.298. The topological polar surface area (TPSA) is 105 Å². The molecule has 1 aliphatic rings. The Morgan fingerprint density at radius 3 is 2.51 bits per heavy atom. The molecule has 8 heteroatoms.